The van der Waals surface area contributed by atoms with Crippen LogP contribution >= 0.6 is 0 Å². The average Bonchev–Trinajstić information content (AvgIpc) is 0.771. The van der Waals surface area contributed by atoms with Crippen molar-refractivity contribution in [3.63, 3.8) is 0 Å². The van der Waals surface area contributed by atoms with Gasteiger partial charge in [-0.3, -0.25) is 19.2 Å². The van der Waals surface area contributed by atoms with Crippen molar-refractivity contribution in [2.45, 2.75) is 441 Å². The summed E-state index contributed by atoms with van der Waals surface area (Å²) in [5.74, 6) is -2.81. The summed E-state index contributed by atoms with van der Waals surface area (Å²) in [4.78, 5) is 51.4. The first-order valence-corrected chi connectivity index (χ1v) is 45.5. The van der Waals surface area contributed by atoms with Crippen molar-refractivity contribution in [1.29, 1.82) is 0 Å². The summed E-state index contributed by atoms with van der Waals surface area (Å²) >= 11 is 0. The molecule has 7 aliphatic rings. The predicted molar refractivity (Wildman–Crippen MR) is 438 cm³/mol. The Morgan fingerprint density at radius 1 is 0.317 bits per heavy atom. The molecule has 0 spiro atoms. The Labute approximate surface area is 736 Å². The average molecular weight is 1820 g/mol. The van der Waals surface area contributed by atoms with Crippen molar-refractivity contribution in [3.8, 4) is 0 Å². The van der Waals surface area contributed by atoms with Crippen molar-refractivity contribution in [2.24, 2.45) is 0 Å². The van der Waals surface area contributed by atoms with Crippen LogP contribution in [0.15, 0.2) is 12.2 Å². The number of hydrogen-bond donors (Lipinski definition) is 24. The summed E-state index contributed by atoms with van der Waals surface area (Å²) in [6.07, 6.45) is -31.2. The van der Waals surface area contributed by atoms with Crippen molar-refractivity contribution < 1.29 is 188 Å². The highest BCUT2D eigenvalue weighted by Gasteiger charge is 2.59. The second-order valence-corrected chi connectivity index (χ2v) is 34.2. The monoisotopic (exact) mass is 1820 g/mol. The van der Waals surface area contributed by atoms with Crippen LogP contribution in [0.5, 0.6) is 0 Å². The van der Waals surface area contributed by atoms with Crippen LogP contribution in [0, 0.1) is 0 Å². The Balaban J connectivity index is 1.09. The number of allylic oxidation sites excluding steroid dienone is 1. The van der Waals surface area contributed by atoms with E-state index >= 15 is 0 Å². The molecule has 42 nitrogen and oxygen atoms in total. The topological polar surface area (TPSA) is 650 Å². The zero-order valence-corrected chi connectivity index (χ0v) is 73.3. The molecule has 0 aliphatic carbocycles. The third-order valence-corrected chi connectivity index (χ3v) is 24.2. The highest BCUT2D eigenvalue weighted by atomic mass is 16.8. The minimum atomic E-state index is -2.39. The molecule has 0 bridgehead atoms. The van der Waals surface area contributed by atoms with Crippen LogP contribution in [0.1, 0.15) is 214 Å². The lowest BCUT2D eigenvalue weighted by molar-refractivity contribution is -0.391. The number of carbonyl (C=O) groups excluding carboxylic acids is 4. The zero-order valence-electron chi connectivity index (χ0n) is 73.3. The van der Waals surface area contributed by atoms with E-state index in [4.69, 9.17) is 66.3 Å². The van der Waals surface area contributed by atoms with Gasteiger partial charge in [0.2, 0.25) is 23.6 Å². The first-order chi connectivity index (χ1) is 60.4. The van der Waals surface area contributed by atoms with Gasteiger partial charge >= 0.3 is 0 Å². The Hall–Kier alpha value is -3.74. The van der Waals surface area contributed by atoms with Gasteiger partial charge in [0.05, 0.1) is 65.0 Å². The van der Waals surface area contributed by atoms with E-state index in [1.54, 1.807) is 6.08 Å². The first-order valence-electron chi connectivity index (χ1n) is 45.5. The summed E-state index contributed by atoms with van der Waals surface area (Å²) in [6, 6.07) is -6.21. The van der Waals surface area contributed by atoms with E-state index in [0.29, 0.717) is 12.8 Å². The Bertz CT molecular complexity index is 3060. The van der Waals surface area contributed by atoms with Gasteiger partial charge in [0.1, 0.15) is 171 Å². The van der Waals surface area contributed by atoms with E-state index in [-0.39, 0.29) is 6.42 Å². The molecule has 7 fully saturated rings. The van der Waals surface area contributed by atoms with Gasteiger partial charge in [-0.05, 0) is 19.3 Å². The molecule has 7 saturated heterocycles. The lowest BCUT2D eigenvalue weighted by atomic mass is 9.94. The maximum atomic E-state index is 13.7. The number of aliphatic hydroxyl groups is 20. The van der Waals surface area contributed by atoms with Gasteiger partial charge in [0.25, 0.3) is 0 Å². The summed E-state index contributed by atoms with van der Waals surface area (Å²) in [5, 5.41) is 236. The molecule has 126 heavy (non-hydrogen) atoms. The number of rotatable bonds is 56. The van der Waals surface area contributed by atoms with Crippen molar-refractivity contribution >= 4 is 23.6 Å². The molecule has 0 radical (unpaired) electrons. The number of unbranched alkanes of at least 4 members (excludes halogenated alkanes) is 25. The molecule has 7 aliphatic heterocycles. The Morgan fingerprint density at radius 2 is 0.627 bits per heavy atom. The van der Waals surface area contributed by atoms with E-state index in [9.17, 15) is 121 Å². The second kappa shape index (κ2) is 57.1. The van der Waals surface area contributed by atoms with E-state index < -0.39 is 303 Å². The van der Waals surface area contributed by atoms with E-state index in [1.165, 1.54) is 96.3 Å². The highest BCUT2D eigenvalue weighted by molar-refractivity contribution is 5.76. The van der Waals surface area contributed by atoms with Crippen molar-refractivity contribution in [1.82, 2.24) is 21.3 Å². The molecule has 4 amide bonds. The molecule has 14 unspecified atom stereocenters. The van der Waals surface area contributed by atoms with Gasteiger partial charge in [-0.15, -0.1) is 0 Å². The Morgan fingerprint density at radius 3 is 1.05 bits per heavy atom. The fourth-order valence-corrected chi connectivity index (χ4v) is 16.9. The highest BCUT2D eigenvalue weighted by Crippen LogP contribution is 2.39. The fourth-order valence-electron chi connectivity index (χ4n) is 16.9. The van der Waals surface area contributed by atoms with Crippen LogP contribution in [0.4, 0.5) is 0 Å². The van der Waals surface area contributed by atoms with Gasteiger partial charge in [-0.2, -0.15) is 0 Å². The molecule has 734 valence electrons. The minimum absolute atomic E-state index is 0.125. The quantitative estimate of drug-likeness (QED) is 0.0202. The van der Waals surface area contributed by atoms with Crippen LogP contribution in [-0.2, 0) is 85.5 Å². The summed E-state index contributed by atoms with van der Waals surface area (Å²) in [5.41, 5.74) is 0. The van der Waals surface area contributed by atoms with Crippen LogP contribution in [0.2, 0.25) is 0 Å². The van der Waals surface area contributed by atoms with Crippen LogP contribution < -0.4 is 21.3 Å². The van der Waals surface area contributed by atoms with E-state index in [1.807, 2.05) is 6.08 Å². The maximum absolute atomic E-state index is 13.7. The molecule has 0 aromatic rings. The van der Waals surface area contributed by atoms with Gasteiger partial charge < -0.3 is 190 Å². The standard InChI is InChI=1S/C84H150N4O38/c1-6-8-10-12-14-16-18-20-21-23-25-27-29-31-33-35-56(99)88-47(48(98)34-32-30-28-26-24-22-19-17-15-13-11-9-7-2)42-113-81-69(109)67(107)75(53(40-93)119-81)124-84-72(112)77(126-83-71(111)76(62(102)51(38-91)117-83)125-80-58(86-45(4)96)65(105)61(101)50(37-90)116-80)63(103)55(121-84)43-114-78-59(87-46(5)97)66(106)73(52(39-92)118-78)123-82-70(110)68(108)74(54(41-94)120-82)122-79-57(85-44(3)95)64(104)60(100)49(36-89)115-79/h32,34,47-55,57-84,89-94,98,100-112H,6-31,33,35-43H2,1-5H3,(H,85,95)(H,86,96)(H,87,97)(H,88,99)/b34-32+/t47-,48+,49?,50?,51?,52?,53?,54?,55?,57?,58?,59?,60-,61-,62-,63-,64+,65+,66+,67+,68+,69?,70?,71?,72?,73+,74-,75+,76-,77-,78+,79-,80-,81+,82-,83+,84-/m0/s1. The second-order valence-electron chi connectivity index (χ2n) is 34.2. The molecular formula is C84H150N4O38. The van der Waals surface area contributed by atoms with Crippen molar-refractivity contribution in [2.75, 3.05) is 52.9 Å². The molecule has 0 aromatic carbocycles. The Kier molecular flexibility index (Phi) is 49.5. The maximum Gasteiger partial charge on any atom is 0.220 e. The number of carbonyl (C=O) groups is 4. The van der Waals surface area contributed by atoms with Gasteiger partial charge in [-0.1, -0.05) is 180 Å². The fraction of sp³-hybridized carbons (Fsp3) is 0.929. The van der Waals surface area contributed by atoms with E-state index in [2.05, 4.69) is 35.1 Å². The smallest absolute Gasteiger partial charge is 0.220 e. The van der Waals surface area contributed by atoms with E-state index in [0.717, 1.165) is 85.0 Å². The third-order valence-electron chi connectivity index (χ3n) is 24.2. The largest absolute Gasteiger partial charge is 0.394 e. The third kappa shape index (κ3) is 32.3. The van der Waals surface area contributed by atoms with Crippen LogP contribution in [0.3, 0.4) is 0 Å². The van der Waals surface area contributed by atoms with Crippen LogP contribution in [-0.4, -0.2) is 406 Å². The molecule has 24 N–H and O–H groups in total. The molecule has 37 atom stereocenters. The number of amides is 4. The molecule has 0 aromatic heterocycles. The van der Waals surface area contributed by atoms with Gasteiger partial charge in [0, 0.05) is 27.2 Å². The molecular weight excluding hydrogens is 1670 g/mol. The number of aliphatic hydroxyl groups excluding tert-OH is 20. The molecule has 7 heterocycles. The minimum Gasteiger partial charge on any atom is -0.394 e. The van der Waals surface area contributed by atoms with Crippen LogP contribution in [0.25, 0.3) is 0 Å². The zero-order chi connectivity index (χ0) is 92.3. The normalized spacial score (nSPS) is 38.0. The number of hydrogen-bond acceptors (Lipinski definition) is 38. The summed E-state index contributed by atoms with van der Waals surface area (Å²) < 4.78 is 83.7. The molecule has 7 rings (SSSR count). The molecule has 0 saturated carbocycles. The summed E-state index contributed by atoms with van der Waals surface area (Å²) in [7, 11) is 0. The SMILES string of the molecule is CCCCCCCCCCCCC/C=C/[C@@H](O)[C@H](CO[C@@H]1OC(CO)[C@@H](O[C@@H]2OC(CO[C@@H]3OC(CO)[C@@H](O[C@@H]4OC(CO)[C@H](O[C@@H]5OC(CO)[C@H](O)[C@H](O)C5NC(C)=O)[C@H](O)C4O)[C@H](O)C3NC(C)=O)[C@H](O)[C@H](O[C@H]3OC(CO)[C@H](O)[C@H](O[C@@H]4OC(CO)[C@H](O)[C@H](O)C4NC(C)=O)C3O)C2O)[C@H](O)C1O)NC(=O)CCCCCCCCCCCCCCCCC. The number of nitrogens with one attached hydrogen (secondary N) is 4. The first kappa shape index (κ1) is 109. The summed E-state index contributed by atoms with van der Waals surface area (Å²) in [6.45, 7) is -0.102. The number of ether oxygens (including phenoxy) is 14. The molecule has 42 heteroatoms. The van der Waals surface area contributed by atoms with Gasteiger partial charge in [-0.25, -0.2) is 0 Å². The lowest BCUT2D eigenvalue weighted by Gasteiger charge is -2.50. The van der Waals surface area contributed by atoms with Gasteiger partial charge in [0.15, 0.2) is 44.0 Å². The van der Waals surface area contributed by atoms with Crippen molar-refractivity contribution in [3.05, 3.63) is 12.2 Å². The lowest BCUT2D eigenvalue weighted by Crippen LogP contribution is -2.69. The predicted octanol–water partition coefficient (Wildman–Crippen LogP) is -4.46.